The number of para-hydroxylation sites is 2. The van der Waals surface area contributed by atoms with Crippen LogP contribution in [-0.4, -0.2) is 11.0 Å². The van der Waals surface area contributed by atoms with Crippen LogP contribution < -0.4 is 5.32 Å². The monoisotopic (exact) mass is 190 g/mol. The maximum Gasteiger partial charge on any atom is 0.295 e. The smallest absolute Gasteiger partial charge is 0.295 e. The molecule has 0 spiro atoms. The zero-order chi connectivity index (χ0) is 9.97. The molecule has 0 aliphatic carbocycles. The minimum atomic E-state index is 0.392. The first-order chi connectivity index (χ1) is 6.79. The Kier molecular flexibility index (Phi) is 2.39. The predicted octanol–water partition coefficient (Wildman–Crippen LogP) is 3.04. The van der Waals surface area contributed by atoms with Gasteiger partial charge in [0.05, 0.1) is 0 Å². The molecule has 2 aromatic rings. The Morgan fingerprint density at radius 1 is 1.43 bits per heavy atom. The average Bonchev–Trinajstić information content (AvgIpc) is 2.59. The van der Waals surface area contributed by atoms with Crippen LogP contribution in [0.15, 0.2) is 28.7 Å². The van der Waals surface area contributed by atoms with Crippen molar-refractivity contribution in [2.75, 3.05) is 5.32 Å². The van der Waals surface area contributed by atoms with E-state index in [0.29, 0.717) is 12.1 Å². The second-order valence-electron chi connectivity index (χ2n) is 3.44. The Morgan fingerprint density at radius 2 is 2.21 bits per heavy atom. The van der Waals surface area contributed by atoms with E-state index in [4.69, 9.17) is 4.42 Å². The van der Waals surface area contributed by atoms with E-state index in [1.807, 2.05) is 24.3 Å². The van der Waals surface area contributed by atoms with Crippen molar-refractivity contribution >= 4 is 17.1 Å². The zero-order valence-electron chi connectivity index (χ0n) is 8.45. The maximum absolute atomic E-state index is 5.52. The van der Waals surface area contributed by atoms with Gasteiger partial charge in [-0.3, -0.25) is 0 Å². The van der Waals surface area contributed by atoms with E-state index in [2.05, 4.69) is 24.1 Å². The molecular weight excluding hydrogens is 176 g/mol. The largest absolute Gasteiger partial charge is 0.424 e. The second-order valence-corrected chi connectivity index (χ2v) is 3.44. The summed E-state index contributed by atoms with van der Waals surface area (Å²) < 4.78 is 5.52. The molecule has 3 heteroatoms. The number of nitrogens with zero attached hydrogens (tertiary/aromatic N) is 1. The third kappa shape index (κ3) is 1.71. The Labute approximate surface area is 83.1 Å². The van der Waals surface area contributed by atoms with Gasteiger partial charge in [-0.15, -0.1) is 0 Å². The lowest BCUT2D eigenvalue weighted by Gasteiger charge is -2.07. The van der Waals surface area contributed by atoms with Crippen molar-refractivity contribution in [3.63, 3.8) is 0 Å². The van der Waals surface area contributed by atoms with Crippen LogP contribution in [0.25, 0.3) is 11.1 Å². The summed E-state index contributed by atoms with van der Waals surface area (Å²) in [6.07, 6.45) is 1.05. The number of fused-ring (bicyclic) bond motifs is 1. The van der Waals surface area contributed by atoms with Crippen LogP contribution in [0.4, 0.5) is 6.01 Å². The third-order valence-electron chi connectivity index (χ3n) is 2.28. The SMILES string of the molecule is CCC(C)Nc1nc2ccccc2o1. The fraction of sp³-hybridized carbons (Fsp3) is 0.364. The summed E-state index contributed by atoms with van der Waals surface area (Å²) in [5.41, 5.74) is 1.73. The zero-order valence-corrected chi connectivity index (χ0v) is 8.45. The van der Waals surface area contributed by atoms with Gasteiger partial charge in [0, 0.05) is 6.04 Å². The van der Waals surface area contributed by atoms with Crippen LogP contribution in [0.3, 0.4) is 0 Å². The van der Waals surface area contributed by atoms with E-state index >= 15 is 0 Å². The molecule has 1 N–H and O–H groups in total. The summed E-state index contributed by atoms with van der Waals surface area (Å²) in [5.74, 6) is 0. The van der Waals surface area contributed by atoms with Gasteiger partial charge in [-0.1, -0.05) is 19.1 Å². The molecular formula is C11H14N2O. The van der Waals surface area contributed by atoms with Crippen molar-refractivity contribution in [2.24, 2.45) is 0 Å². The highest BCUT2D eigenvalue weighted by Crippen LogP contribution is 2.18. The molecule has 1 atom stereocenters. The summed E-state index contributed by atoms with van der Waals surface area (Å²) in [6.45, 7) is 4.23. The van der Waals surface area contributed by atoms with Gasteiger partial charge in [-0.05, 0) is 25.5 Å². The molecule has 1 unspecified atom stereocenters. The van der Waals surface area contributed by atoms with Crippen LogP contribution in [0.2, 0.25) is 0 Å². The molecule has 1 heterocycles. The highest BCUT2D eigenvalue weighted by molar-refractivity contribution is 5.74. The molecule has 14 heavy (non-hydrogen) atoms. The highest BCUT2D eigenvalue weighted by atomic mass is 16.4. The van der Waals surface area contributed by atoms with Crippen molar-refractivity contribution in [3.05, 3.63) is 24.3 Å². The molecule has 0 aliphatic rings. The second kappa shape index (κ2) is 3.70. The van der Waals surface area contributed by atoms with E-state index in [9.17, 15) is 0 Å². The highest BCUT2D eigenvalue weighted by Gasteiger charge is 2.06. The topological polar surface area (TPSA) is 38.1 Å². The van der Waals surface area contributed by atoms with Gasteiger partial charge in [0.25, 0.3) is 6.01 Å². The summed E-state index contributed by atoms with van der Waals surface area (Å²) in [6, 6.07) is 8.77. The minimum absolute atomic E-state index is 0.392. The number of oxazole rings is 1. The van der Waals surface area contributed by atoms with Crippen molar-refractivity contribution < 1.29 is 4.42 Å². The number of nitrogens with one attached hydrogen (secondary N) is 1. The van der Waals surface area contributed by atoms with Gasteiger partial charge in [-0.2, -0.15) is 4.98 Å². The first kappa shape index (κ1) is 9.06. The van der Waals surface area contributed by atoms with Crippen molar-refractivity contribution in [2.45, 2.75) is 26.3 Å². The molecule has 2 rings (SSSR count). The summed E-state index contributed by atoms with van der Waals surface area (Å²) in [4.78, 5) is 4.32. The van der Waals surface area contributed by atoms with Crippen LogP contribution in [0.1, 0.15) is 20.3 Å². The lowest BCUT2D eigenvalue weighted by atomic mass is 10.3. The number of hydrogen-bond acceptors (Lipinski definition) is 3. The van der Waals surface area contributed by atoms with Gasteiger partial charge >= 0.3 is 0 Å². The van der Waals surface area contributed by atoms with E-state index in [-0.39, 0.29) is 0 Å². The molecule has 0 aliphatic heterocycles. The van der Waals surface area contributed by atoms with E-state index < -0.39 is 0 Å². The Bertz CT molecular complexity index is 389. The van der Waals surface area contributed by atoms with E-state index in [0.717, 1.165) is 17.5 Å². The Morgan fingerprint density at radius 3 is 2.93 bits per heavy atom. The maximum atomic E-state index is 5.52. The normalized spacial score (nSPS) is 13.0. The molecule has 0 radical (unpaired) electrons. The third-order valence-corrected chi connectivity index (χ3v) is 2.28. The fourth-order valence-electron chi connectivity index (χ4n) is 1.25. The summed E-state index contributed by atoms with van der Waals surface area (Å²) in [7, 11) is 0. The number of hydrogen-bond donors (Lipinski definition) is 1. The number of benzene rings is 1. The van der Waals surface area contributed by atoms with Gasteiger partial charge in [0.1, 0.15) is 5.52 Å². The molecule has 0 amide bonds. The van der Waals surface area contributed by atoms with Gasteiger partial charge in [0.15, 0.2) is 5.58 Å². The number of aromatic nitrogens is 1. The Hall–Kier alpha value is -1.51. The quantitative estimate of drug-likeness (QED) is 0.808. The van der Waals surface area contributed by atoms with Gasteiger partial charge in [-0.25, -0.2) is 0 Å². The molecule has 0 saturated carbocycles. The fourth-order valence-corrected chi connectivity index (χ4v) is 1.25. The molecule has 1 aromatic carbocycles. The molecule has 0 bridgehead atoms. The molecule has 0 saturated heterocycles. The van der Waals surface area contributed by atoms with Crippen molar-refractivity contribution in [1.29, 1.82) is 0 Å². The van der Waals surface area contributed by atoms with Gasteiger partial charge < -0.3 is 9.73 Å². The van der Waals surface area contributed by atoms with Crippen LogP contribution in [0, 0.1) is 0 Å². The first-order valence-corrected chi connectivity index (χ1v) is 4.91. The average molecular weight is 190 g/mol. The molecule has 1 aromatic heterocycles. The summed E-state index contributed by atoms with van der Waals surface area (Å²) in [5, 5.41) is 3.20. The Balaban J connectivity index is 2.27. The van der Waals surface area contributed by atoms with E-state index in [1.165, 1.54) is 0 Å². The summed E-state index contributed by atoms with van der Waals surface area (Å²) >= 11 is 0. The molecule has 0 fully saturated rings. The first-order valence-electron chi connectivity index (χ1n) is 4.91. The lowest BCUT2D eigenvalue weighted by Crippen LogP contribution is -2.13. The lowest BCUT2D eigenvalue weighted by molar-refractivity contribution is 0.596. The molecule has 74 valence electrons. The number of rotatable bonds is 3. The number of anilines is 1. The van der Waals surface area contributed by atoms with Gasteiger partial charge in [0.2, 0.25) is 0 Å². The van der Waals surface area contributed by atoms with Crippen LogP contribution >= 0.6 is 0 Å². The van der Waals surface area contributed by atoms with Crippen molar-refractivity contribution in [1.82, 2.24) is 4.98 Å². The van der Waals surface area contributed by atoms with E-state index in [1.54, 1.807) is 0 Å². The van der Waals surface area contributed by atoms with Crippen LogP contribution in [-0.2, 0) is 0 Å². The predicted molar refractivity (Wildman–Crippen MR) is 57.4 cm³/mol. The van der Waals surface area contributed by atoms with Crippen LogP contribution in [0.5, 0.6) is 0 Å². The van der Waals surface area contributed by atoms with Crippen molar-refractivity contribution in [3.8, 4) is 0 Å². The minimum Gasteiger partial charge on any atom is -0.424 e. The molecule has 3 nitrogen and oxygen atoms in total. The standard InChI is InChI=1S/C11H14N2O/c1-3-8(2)12-11-13-9-6-4-5-7-10(9)14-11/h4-8H,3H2,1-2H3,(H,12,13).